The Hall–Kier alpha value is -1.06. The minimum absolute atomic E-state index is 0.388. The largest absolute Gasteiger partial charge is 0.497 e. The van der Waals surface area contributed by atoms with Gasteiger partial charge >= 0.3 is 0 Å². The number of likely N-dealkylation sites (N-methyl/N-ethyl adjacent to an activating group) is 1. The highest BCUT2D eigenvalue weighted by Gasteiger charge is 2.38. The highest BCUT2D eigenvalue weighted by Crippen LogP contribution is 2.35. The number of methoxy groups -OCH3 is 1. The van der Waals surface area contributed by atoms with Crippen LogP contribution in [-0.2, 0) is 6.54 Å². The standard InChI is InChI=1S/C15H24N2O/c1-17(2)15(8-5-9-15)12-16-11-13-6-4-7-14(10-13)18-3/h4,6-7,10,16H,5,8-9,11-12H2,1-3H3. The smallest absolute Gasteiger partial charge is 0.119 e. The van der Waals surface area contributed by atoms with Crippen molar-refractivity contribution in [3.05, 3.63) is 29.8 Å². The molecule has 18 heavy (non-hydrogen) atoms. The van der Waals surface area contributed by atoms with E-state index in [1.165, 1.54) is 24.8 Å². The predicted molar refractivity (Wildman–Crippen MR) is 75.0 cm³/mol. The number of ether oxygens (including phenoxy) is 1. The first kappa shape index (κ1) is 13.4. The van der Waals surface area contributed by atoms with Gasteiger partial charge in [0.25, 0.3) is 0 Å². The van der Waals surface area contributed by atoms with Gasteiger partial charge < -0.3 is 15.0 Å². The lowest BCUT2D eigenvalue weighted by Crippen LogP contribution is -2.56. The maximum atomic E-state index is 5.24. The normalized spacial score (nSPS) is 17.6. The molecule has 1 saturated carbocycles. The predicted octanol–water partition coefficient (Wildman–Crippen LogP) is 2.27. The van der Waals surface area contributed by atoms with E-state index in [1.54, 1.807) is 7.11 Å². The van der Waals surface area contributed by atoms with E-state index in [-0.39, 0.29) is 0 Å². The van der Waals surface area contributed by atoms with Crippen LogP contribution in [-0.4, -0.2) is 38.2 Å². The summed E-state index contributed by atoms with van der Waals surface area (Å²) in [5.74, 6) is 0.931. The van der Waals surface area contributed by atoms with E-state index in [0.29, 0.717) is 5.54 Å². The van der Waals surface area contributed by atoms with Crippen LogP contribution >= 0.6 is 0 Å². The van der Waals surface area contributed by atoms with Crippen LogP contribution in [0.5, 0.6) is 5.75 Å². The van der Waals surface area contributed by atoms with Crippen LogP contribution in [0.4, 0.5) is 0 Å². The molecule has 1 aliphatic carbocycles. The van der Waals surface area contributed by atoms with E-state index in [9.17, 15) is 0 Å². The zero-order valence-electron chi connectivity index (χ0n) is 11.7. The van der Waals surface area contributed by atoms with E-state index >= 15 is 0 Å². The molecule has 0 atom stereocenters. The van der Waals surface area contributed by atoms with Gasteiger partial charge in [-0.2, -0.15) is 0 Å². The Morgan fingerprint density at radius 1 is 1.33 bits per heavy atom. The summed E-state index contributed by atoms with van der Waals surface area (Å²) in [6.45, 7) is 1.98. The van der Waals surface area contributed by atoms with Crippen molar-refractivity contribution in [2.75, 3.05) is 27.7 Å². The van der Waals surface area contributed by atoms with Gasteiger partial charge in [0.05, 0.1) is 7.11 Å². The number of rotatable bonds is 6. The maximum Gasteiger partial charge on any atom is 0.119 e. The lowest BCUT2D eigenvalue weighted by Gasteiger charge is -2.47. The molecule has 0 aromatic heterocycles. The number of benzene rings is 1. The van der Waals surface area contributed by atoms with Crippen LogP contribution < -0.4 is 10.1 Å². The molecule has 0 radical (unpaired) electrons. The van der Waals surface area contributed by atoms with E-state index in [2.05, 4.69) is 36.4 Å². The molecule has 1 aromatic carbocycles. The van der Waals surface area contributed by atoms with Gasteiger partial charge in [-0.15, -0.1) is 0 Å². The Morgan fingerprint density at radius 3 is 2.67 bits per heavy atom. The molecule has 1 fully saturated rings. The van der Waals surface area contributed by atoms with Gasteiger partial charge in [0.15, 0.2) is 0 Å². The summed E-state index contributed by atoms with van der Waals surface area (Å²) < 4.78 is 5.24. The molecule has 100 valence electrons. The van der Waals surface area contributed by atoms with Gasteiger partial charge in [0.2, 0.25) is 0 Å². The van der Waals surface area contributed by atoms with E-state index in [4.69, 9.17) is 4.74 Å². The molecule has 0 saturated heterocycles. The molecular weight excluding hydrogens is 224 g/mol. The fourth-order valence-corrected chi connectivity index (χ4v) is 2.59. The monoisotopic (exact) mass is 248 g/mol. The molecule has 1 aromatic rings. The minimum Gasteiger partial charge on any atom is -0.497 e. The molecule has 2 rings (SSSR count). The Morgan fingerprint density at radius 2 is 2.11 bits per heavy atom. The van der Waals surface area contributed by atoms with E-state index < -0.39 is 0 Å². The first-order valence-electron chi connectivity index (χ1n) is 6.67. The third kappa shape index (κ3) is 2.85. The van der Waals surface area contributed by atoms with Crippen molar-refractivity contribution in [2.24, 2.45) is 0 Å². The average Bonchev–Trinajstić information content (AvgIpc) is 2.32. The molecule has 0 heterocycles. The van der Waals surface area contributed by atoms with Crippen molar-refractivity contribution < 1.29 is 4.74 Å². The Bertz CT molecular complexity index is 386. The van der Waals surface area contributed by atoms with E-state index in [0.717, 1.165) is 18.8 Å². The average molecular weight is 248 g/mol. The van der Waals surface area contributed by atoms with Crippen LogP contribution in [0.3, 0.4) is 0 Å². The topological polar surface area (TPSA) is 24.5 Å². The van der Waals surface area contributed by atoms with Gasteiger partial charge in [-0.25, -0.2) is 0 Å². The van der Waals surface area contributed by atoms with Crippen molar-refractivity contribution in [2.45, 2.75) is 31.3 Å². The summed E-state index contributed by atoms with van der Waals surface area (Å²) in [6.07, 6.45) is 3.98. The molecule has 3 heteroatoms. The first-order valence-corrected chi connectivity index (χ1v) is 6.67. The summed E-state index contributed by atoms with van der Waals surface area (Å²) >= 11 is 0. The molecule has 0 amide bonds. The molecule has 3 nitrogen and oxygen atoms in total. The van der Waals surface area contributed by atoms with Gasteiger partial charge in [-0.1, -0.05) is 12.1 Å². The summed E-state index contributed by atoms with van der Waals surface area (Å²) in [5.41, 5.74) is 1.67. The SMILES string of the molecule is COc1cccc(CNCC2(N(C)C)CCC2)c1. The second kappa shape index (κ2) is 5.72. The second-order valence-electron chi connectivity index (χ2n) is 5.43. The number of hydrogen-bond acceptors (Lipinski definition) is 3. The summed E-state index contributed by atoms with van der Waals surface area (Å²) in [6, 6.07) is 8.26. The Balaban J connectivity index is 1.84. The number of hydrogen-bond donors (Lipinski definition) is 1. The highest BCUT2D eigenvalue weighted by molar-refractivity contribution is 5.28. The molecule has 0 aliphatic heterocycles. The number of nitrogens with zero attached hydrogens (tertiary/aromatic N) is 1. The Labute approximate surface area is 110 Å². The third-order valence-electron chi connectivity index (χ3n) is 4.15. The Kier molecular flexibility index (Phi) is 4.25. The van der Waals surface area contributed by atoms with Crippen LogP contribution in [0, 0.1) is 0 Å². The van der Waals surface area contributed by atoms with Crippen molar-refractivity contribution in [3.8, 4) is 5.75 Å². The molecule has 1 aliphatic rings. The summed E-state index contributed by atoms with van der Waals surface area (Å²) in [7, 11) is 6.08. The molecule has 1 N–H and O–H groups in total. The van der Waals surface area contributed by atoms with Gasteiger partial charge in [-0.05, 0) is 51.1 Å². The van der Waals surface area contributed by atoms with Crippen LogP contribution in [0.2, 0.25) is 0 Å². The third-order valence-corrected chi connectivity index (χ3v) is 4.15. The molecule has 0 spiro atoms. The maximum absolute atomic E-state index is 5.24. The van der Waals surface area contributed by atoms with Crippen molar-refractivity contribution >= 4 is 0 Å². The molecular formula is C15H24N2O. The van der Waals surface area contributed by atoms with Crippen molar-refractivity contribution in [1.82, 2.24) is 10.2 Å². The quantitative estimate of drug-likeness (QED) is 0.836. The first-order chi connectivity index (χ1) is 8.66. The van der Waals surface area contributed by atoms with Crippen LogP contribution in [0.25, 0.3) is 0 Å². The summed E-state index contributed by atoms with van der Waals surface area (Å²) in [4.78, 5) is 2.37. The fourth-order valence-electron chi connectivity index (χ4n) is 2.59. The van der Waals surface area contributed by atoms with Crippen molar-refractivity contribution in [3.63, 3.8) is 0 Å². The van der Waals surface area contributed by atoms with E-state index in [1.807, 2.05) is 12.1 Å². The fraction of sp³-hybridized carbons (Fsp3) is 0.600. The van der Waals surface area contributed by atoms with Gasteiger partial charge in [-0.3, -0.25) is 0 Å². The van der Waals surface area contributed by atoms with Gasteiger partial charge in [0.1, 0.15) is 5.75 Å². The molecule has 0 unspecified atom stereocenters. The van der Waals surface area contributed by atoms with Crippen LogP contribution in [0.15, 0.2) is 24.3 Å². The van der Waals surface area contributed by atoms with Crippen molar-refractivity contribution in [1.29, 1.82) is 0 Å². The molecule has 0 bridgehead atoms. The second-order valence-corrected chi connectivity index (χ2v) is 5.43. The van der Waals surface area contributed by atoms with Crippen LogP contribution in [0.1, 0.15) is 24.8 Å². The highest BCUT2D eigenvalue weighted by atomic mass is 16.5. The zero-order chi connectivity index (χ0) is 13.0. The number of nitrogens with one attached hydrogen (secondary N) is 1. The zero-order valence-corrected chi connectivity index (χ0v) is 11.7. The lowest BCUT2D eigenvalue weighted by atomic mass is 9.75. The summed E-state index contributed by atoms with van der Waals surface area (Å²) in [5, 5.41) is 3.58. The van der Waals surface area contributed by atoms with Gasteiger partial charge in [0, 0.05) is 18.6 Å². The minimum atomic E-state index is 0.388. The lowest BCUT2D eigenvalue weighted by molar-refractivity contribution is 0.0598.